The fraction of sp³-hybridized carbons (Fsp3) is 0.222. The van der Waals surface area contributed by atoms with E-state index in [0.29, 0.717) is 12.2 Å². The molecule has 0 amide bonds. The number of aromatic nitrogens is 1. The number of anilines is 1. The number of rotatable bonds is 5. The van der Waals surface area contributed by atoms with Gasteiger partial charge in [-0.2, -0.15) is 0 Å². The molecule has 0 spiro atoms. The van der Waals surface area contributed by atoms with Gasteiger partial charge in [0.1, 0.15) is 5.82 Å². The quantitative estimate of drug-likeness (QED) is 0.634. The molecule has 0 aliphatic rings. The normalized spacial score (nSPS) is 14.0. The lowest BCUT2D eigenvalue weighted by Gasteiger charge is -2.26. The summed E-state index contributed by atoms with van der Waals surface area (Å²) in [5, 5.41) is 14.6. The summed E-state index contributed by atoms with van der Waals surface area (Å²) in [4.78, 5) is 0. The van der Waals surface area contributed by atoms with E-state index in [0.717, 1.165) is 16.5 Å². The Morgan fingerprint density at radius 2 is 2.04 bits per heavy atom. The van der Waals surface area contributed by atoms with Crippen molar-refractivity contribution in [2.75, 3.05) is 19.3 Å². The third kappa shape index (κ3) is 3.06. The van der Waals surface area contributed by atoms with Gasteiger partial charge in [0.25, 0.3) is 0 Å². The number of nitrogens with two attached hydrogens (primary N) is 1. The van der Waals surface area contributed by atoms with E-state index in [1.165, 1.54) is 12.1 Å². The number of halogens is 1. The maximum absolute atomic E-state index is 13.7. The largest absolute Gasteiger partial charge is 0.399 e. The van der Waals surface area contributed by atoms with Crippen molar-refractivity contribution in [1.82, 2.24) is 9.88 Å². The molecule has 0 unspecified atom stereocenters. The van der Waals surface area contributed by atoms with Crippen molar-refractivity contribution in [2.45, 2.75) is 12.1 Å². The van der Waals surface area contributed by atoms with Crippen molar-refractivity contribution in [3.63, 3.8) is 0 Å². The molecule has 1 heterocycles. The molecule has 0 aliphatic heterocycles. The van der Waals surface area contributed by atoms with Gasteiger partial charge in [-0.15, -0.1) is 0 Å². The van der Waals surface area contributed by atoms with Crippen molar-refractivity contribution in [2.24, 2.45) is 0 Å². The van der Waals surface area contributed by atoms with Crippen molar-refractivity contribution in [1.29, 1.82) is 0 Å². The maximum atomic E-state index is 13.7. The van der Waals surface area contributed by atoms with E-state index in [9.17, 15) is 9.50 Å². The van der Waals surface area contributed by atoms with Crippen molar-refractivity contribution in [3.8, 4) is 0 Å². The number of hydrogen-bond acceptors (Lipinski definition) is 3. The Bertz CT molecular complexity index is 815. The number of fused-ring (bicyclic) bond motifs is 1. The van der Waals surface area contributed by atoms with E-state index in [4.69, 9.17) is 5.73 Å². The Hall–Kier alpha value is -2.37. The molecule has 0 bridgehead atoms. The van der Waals surface area contributed by atoms with Crippen molar-refractivity contribution < 1.29 is 9.50 Å². The monoisotopic (exact) mass is 313 g/mol. The number of nitrogens with zero attached hydrogens (tertiary/aromatic N) is 1. The van der Waals surface area contributed by atoms with E-state index in [1.807, 2.05) is 41.1 Å². The third-order valence-electron chi connectivity index (χ3n) is 4.01. The number of aliphatic hydroxyl groups excluding tert-OH is 1. The standard InChI is InChI=1S/C18H20FN3O/c1-21-11-17(23)18(13-3-2-4-14(19)9-13)22-8-7-12-10-15(20)5-6-16(12)22/h2-10,17-18,21,23H,11,20H2,1H3/t17-,18+/m1/s1. The van der Waals surface area contributed by atoms with Gasteiger partial charge in [0.05, 0.1) is 12.1 Å². The topological polar surface area (TPSA) is 63.2 Å². The molecule has 0 aliphatic carbocycles. The van der Waals surface area contributed by atoms with Gasteiger partial charge in [0, 0.05) is 29.3 Å². The molecule has 120 valence electrons. The Kier molecular flexibility index (Phi) is 4.32. The first-order chi connectivity index (χ1) is 11.1. The highest BCUT2D eigenvalue weighted by Gasteiger charge is 2.24. The lowest BCUT2D eigenvalue weighted by molar-refractivity contribution is 0.132. The van der Waals surface area contributed by atoms with Crippen molar-refractivity contribution in [3.05, 3.63) is 66.1 Å². The van der Waals surface area contributed by atoms with Crippen LogP contribution in [0, 0.1) is 5.82 Å². The Balaban J connectivity index is 2.13. The predicted octanol–water partition coefficient (Wildman–Crippen LogP) is 2.53. The van der Waals surface area contributed by atoms with Crippen LogP contribution in [0.5, 0.6) is 0 Å². The molecule has 0 saturated heterocycles. The van der Waals surface area contributed by atoms with Gasteiger partial charge >= 0.3 is 0 Å². The minimum absolute atomic E-state index is 0.315. The molecule has 0 fully saturated rings. The van der Waals surface area contributed by atoms with Crippen LogP contribution in [0.25, 0.3) is 10.9 Å². The average molecular weight is 313 g/mol. The van der Waals surface area contributed by atoms with Crippen LogP contribution in [0.3, 0.4) is 0 Å². The first-order valence-corrected chi connectivity index (χ1v) is 7.54. The highest BCUT2D eigenvalue weighted by molar-refractivity contribution is 5.83. The molecule has 2 aromatic carbocycles. The molecular weight excluding hydrogens is 293 g/mol. The third-order valence-corrected chi connectivity index (χ3v) is 4.01. The minimum Gasteiger partial charge on any atom is -0.399 e. The van der Waals surface area contributed by atoms with Crippen LogP contribution in [-0.2, 0) is 0 Å². The second kappa shape index (κ2) is 6.40. The summed E-state index contributed by atoms with van der Waals surface area (Å²) in [7, 11) is 1.78. The van der Waals surface area contributed by atoms with Crippen molar-refractivity contribution >= 4 is 16.6 Å². The highest BCUT2D eigenvalue weighted by Crippen LogP contribution is 2.29. The summed E-state index contributed by atoms with van der Waals surface area (Å²) < 4.78 is 15.6. The molecule has 2 atom stereocenters. The zero-order valence-corrected chi connectivity index (χ0v) is 12.9. The van der Waals surface area contributed by atoms with Crippen LogP contribution < -0.4 is 11.1 Å². The van der Waals surface area contributed by atoms with Gasteiger partial charge in [-0.05, 0) is 49.0 Å². The van der Waals surface area contributed by atoms with E-state index in [2.05, 4.69) is 5.32 Å². The molecule has 23 heavy (non-hydrogen) atoms. The Morgan fingerprint density at radius 1 is 1.22 bits per heavy atom. The Labute approximate surface area is 134 Å². The molecule has 0 saturated carbocycles. The van der Waals surface area contributed by atoms with Crippen LogP contribution in [0.2, 0.25) is 0 Å². The molecule has 1 aromatic heterocycles. The van der Waals surface area contributed by atoms with Crippen LogP contribution in [0.4, 0.5) is 10.1 Å². The van der Waals surface area contributed by atoms with Gasteiger partial charge in [0.15, 0.2) is 0 Å². The maximum Gasteiger partial charge on any atom is 0.123 e. The average Bonchev–Trinajstić information content (AvgIpc) is 2.91. The fourth-order valence-electron chi connectivity index (χ4n) is 3.00. The summed E-state index contributed by atoms with van der Waals surface area (Å²) >= 11 is 0. The van der Waals surface area contributed by atoms with Gasteiger partial charge < -0.3 is 20.7 Å². The second-order valence-corrected chi connectivity index (χ2v) is 5.67. The summed E-state index contributed by atoms with van der Waals surface area (Å²) in [5.41, 5.74) is 8.19. The van der Waals surface area contributed by atoms with Crippen LogP contribution in [0.1, 0.15) is 11.6 Å². The Morgan fingerprint density at radius 3 is 2.78 bits per heavy atom. The number of hydrogen-bond donors (Lipinski definition) is 3. The molecule has 0 radical (unpaired) electrons. The summed E-state index contributed by atoms with van der Waals surface area (Å²) in [6, 6.07) is 13.5. The summed E-state index contributed by atoms with van der Waals surface area (Å²) in [6.45, 7) is 0.399. The SMILES string of the molecule is CNC[C@@H](O)[C@H](c1cccc(F)c1)n1ccc2cc(N)ccc21. The lowest BCUT2D eigenvalue weighted by atomic mass is 10.0. The molecule has 3 rings (SSSR count). The molecule has 4 nitrogen and oxygen atoms in total. The van der Waals surface area contributed by atoms with E-state index >= 15 is 0 Å². The van der Waals surface area contributed by atoms with E-state index < -0.39 is 6.10 Å². The number of nitrogens with one attached hydrogen (secondary N) is 1. The van der Waals surface area contributed by atoms with Gasteiger partial charge in [0.2, 0.25) is 0 Å². The first-order valence-electron chi connectivity index (χ1n) is 7.54. The zero-order valence-electron chi connectivity index (χ0n) is 12.9. The lowest BCUT2D eigenvalue weighted by Crippen LogP contribution is -2.33. The van der Waals surface area contributed by atoms with Crippen LogP contribution >= 0.6 is 0 Å². The highest BCUT2D eigenvalue weighted by atomic mass is 19.1. The van der Waals surface area contributed by atoms with E-state index in [-0.39, 0.29) is 11.9 Å². The number of benzene rings is 2. The molecule has 3 aromatic rings. The summed E-state index contributed by atoms with van der Waals surface area (Å²) in [6.07, 6.45) is 1.20. The predicted molar refractivity (Wildman–Crippen MR) is 90.8 cm³/mol. The number of nitrogen functional groups attached to an aromatic ring is 1. The smallest absolute Gasteiger partial charge is 0.123 e. The molecule has 4 N–H and O–H groups in total. The molecule has 5 heteroatoms. The van der Waals surface area contributed by atoms with Crippen LogP contribution in [0.15, 0.2) is 54.7 Å². The fourth-order valence-corrected chi connectivity index (χ4v) is 3.00. The first kappa shape index (κ1) is 15.5. The van der Waals surface area contributed by atoms with Gasteiger partial charge in [-0.1, -0.05) is 12.1 Å². The molecular formula is C18H20FN3O. The van der Waals surface area contributed by atoms with Crippen LogP contribution in [-0.4, -0.2) is 29.4 Å². The van der Waals surface area contributed by atoms with Gasteiger partial charge in [-0.25, -0.2) is 4.39 Å². The minimum atomic E-state index is -0.699. The summed E-state index contributed by atoms with van der Waals surface area (Å²) in [5.74, 6) is -0.315. The van der Waals surface area contributed by atoms with E-state index in [1.54, 1.807) is 13.1 Å². The van der Waals surface area contributed by atoms with Gasteiger partial charge in [-0.3, -0.25) is 0 Å². The zero-order chi connectivity index (χ0) is 16.4. The number of aliphatic hydroxyl groups is 1. The number of likely N-dealkylation sites (N-methyl/N-ethyl adjacent to an activating group) is 1. The second-order valence-electron chi connectivity index (χ2n) is 5.67.